The van der Waals surface area contributed by atoms with Crippen molar-refractivity contribution in [2.45, 2.75) is 77.8 Å². The molecule has 1 aliphatic carbocycles. The molecule has 226 valence electrons. The van der Waals surface area contributed by atoms with Gasteiger partial charge >= 0.3 is 31.2 Å². The number of ether oxygens (including phenoxy) is 2. The number of carboxylic acids is 2. The monoisotopic (exact) mass is 594 g/mol. The predicted octanol–water partition coefficient (Wildman–Crippen LogP) is 2.51. The minimum atomic E-state index is -4.56. The second-order valence-electron chi connectivity index (χ2n) is 10.8. The van der Waals surface area contributed by atoms with Crippen molar-refractivity contribution in [2.75, 3.05) is 20.3 Å². The number of rotatable bonds is 15. The molecule has 0 spiro atoms. The van der Waals surface area contributed by atoms with Gasteiger partial charge in [-0.2, -0.15) is 4.39 Å². The highest BCUT2D eigenvalue weighted by atomic mass is 31.2. The molecule has 1 aromatic rings. The first-order chi connectivity index (χ1) is 18.4. The molecule has 40 heavy (non-hydrogen) atoms. The van der Waals surface area contributed by atoms with Crippen LogP contribution in [0.2, 0.25) is 0 Å². The van der Waals surface area contributed by atoms with Crippen LogP contribution >= 0.6 is 7.60 Å². The van der Waals surface area contributed by atoms with E-state index >= 15 is 0 Å². The van der Waals surface area contributed by atoms with E-state index in [2.05, 4.69) is 0 Å². The van der Waals surface area contributed by atoms with Crippen molar-refractivity contribution in [3.05, 3.63) is 32.9 Å². The Kier molecular flexibility index (Phi) is 11.0. The van der Waals surface area contributed by atoms with Gasteiger partial charge in [-0.3, -0.25) is 28.5 Å². The van der Waals surface area contributed by atoms with Crippen LogP contribution in [0.1, 0.15) is 65.8 Å². The number of nitrogens with zero attached hydrogens (tertiary/aromatic N) is 1. The summed E-state index contributed by atoms with van der Waals surface area (Å²) in [5.74, 6) is -6.47. The van der Waals surface area contributed by atoms with Crippen LogP contribution in [-0.2, 0) is 37.5 Å². The number of hydrogen-bond acceptors (Lipinski definition) is 10. The van der Waals surface area contributed by atoms with E-state index in [1.807, 2.05) is 4.98 Å². The van der Waals surface area contributed by atoms with E-state index in [0.29, 0.717) is 0 Å². The maximum atomic E-state index is 14.0. The average molecular weight is 595 g/mol. The molecule has 3 N–H and O–H groups in total. The molecule has 1 fully saturated rings. The van der Waals surface area contributed by atoms with Crippen LogP contribution in [0, 0.1) is 16.6 Å². The lowest BCUT2D eigenvalue weighted by Gasteiger charge is -2.29. The van der Waals surface area contributed by atoms with Crippen LogP contribution in [0.25, 0.3) is 0 Å². The zero-order valence-electron chi connectivity index (χ0n) is 23.0. The first-order valence-electron chi connectivity index (χ1n) is 12.5. The number of aromatic nitrogens is 2. The third kappa shape index (κ3) is 8.32. The summed E-state index contributed by atoms with van der Waals surface area (Å²) in [5.41, 5.74) is -4.53. The fourth-order valence-corrected chi connectivity index (χ4v) is 5.53. The third-order valence-electron chi connectivity index (χ3n) is 6.84. The van der Waals surface area contributed by atoms with Gasteiger partial charge in [-0.25, -0.2) is 9.59 Å². The Morgan fingerprint density at radius 3 is 2.08 bits per heavy atom. The fraction of sp³-hybridized carbons (Fsp3) is 0.708. The second kappa shape index (κ2) is 13.2. The Morgan fingerprint density at radius 2 is 1.60 bits per heavy atom. The van der Waals surface area contributed by atoms with Crippen LogP contribution in [0.3, 0.4) is 0 Å². The van der Waals surface area contributed by atoms with Crippen LogP contribution < -0.4 is 11.2 Å². The van der Waals surface area contributed by atoms with E-state index in [0.717, 1.165) is 17.9 Å². The fourth-order valence-electron chi connectivity index (χ4n) is 3.81. The molecular weight excluding hydrogens is 558 g/mol. The Morgan fingerprint density at radius 1 is 1.07 bits per heavy atom. The summed E-state index contributed by atoms with van der Waals surface area (Å²) in [6.45, 7) is 4.88. The lowest BCUT2D eigenvalue weighted by atomic mass is 9.90. The van der Waals surface area contributed by atoms with E-state index in [9.17, 15) is 43.1 Å². The number of H-pyrrole nitrogens is 1. The van der Waals surface area contributed by atoms with Gasteiger partial charge in [0.05, 0.1) is 43.5 Å². The molecule has 1 saturated carbocycles. The van der Waals surface area contributed by atoms with E-state index in [4.69, 9.17) is 18.5 Å². The highest BCUT2D eigenvalue weighted by molar-refractivity contribution is 7.55. The van der Waals surface area contributed by atoms with E-state index < -0.39 is 84.6 Å². The van der Waals surface area contributed by atoms with Crippen LogP contribution in [-0.4, -0.2) is 69.9 Å². The number of methoxy groups -OCH3 is 1. The standard InChI is InChI=1S/C24H36FN2O12P/c1-23(2,20(30)31)8-10-37-40(35,38-11-9-24(3,4)21(32)33)19(18(29)36-5)39-15-7-6-14(12-15)27-13-16(25)17(28)26-22(27)34/h13-15,19H,6-12H2,1-5H3,(H,30,31)(H,32,33)(H,26,28,34). The van der Waals surface area contributed by atoms with Crippen molar-refractivity contribution in [1.29, 1.82) is 0 Å². The summed E-state index contributed by atoms with van der Waals surface area (Å²) in [6, 6.07) is -0.615. The zero-order valence-corrected chi connectivity index (χ0v) is 23.9. The van der Waals surface area contributed by atoms with Crippen molar-refractivity contribution in [3.63, 3.8) is 0 Å². The Balaban J connectivity index is 2.29. The van der Waals surface area contributed by atoms with Gasteiger partial charge in [0.15, 0.2) is 0 Å². The molecule has 3 atom stereocenters. The van der Waals surface area contributed by atoms with Gasteiger partial charge < -0.3 is 28.7 Å². The first-order valence-corrected chi connectivity index (χ1v) is 14.1. The Bertz CT molecular complexity index is 1220. The van der Waals surface area contributed by atoms with Gasteiger partial charge in [-0.15, -0.1) is 0 Å². The van der Waals surface area contributed by atoms with Gasteiger partial charge in [0.1, 0.15) is 0 Å². The number of nitrogens with one attached hydrogen (secondary N) is 1. The van der Waals surface area contributed by atoms with Gasteiger partial charge in [-0.1, -0.05) is 0 Å². The quantitative estimate of drug-likeness (QED) is 0.198. The molecule has 0 saturated heterocycles. The van der Waals surface area contributed by atoms with Crippen molar-refractivity contribution in [3.8, 4) is 0 Å². The summed E-state index contributed by atoms with van der Waals surface area (Å²) in [6.07, 6.45) is 0.336. The molecule has 0 aliphatic heterocycles. The van der Waals surface area contributed by atoms with E-state index in [-0.39, 0.29) is 32.1 Å². The topological polar surface area (TPSA) is 201 Å². The minimum Gasteiger partial charge on any atom is -0.481 e. The van der Waals surface area contributed by atoms with E-state index in [1.165, 1.54) is 27.7 Å². The molecule has 1 aromatic heterocycles. The summed E-state index contributed by atoms with van der Waals surface area (Å²) in [7, 11) is -3.54. The second-order valence-corrected chi connectivity index (χ2v) is 12.9. The summed E-state index contributed by atoms with van der Waals surface area (Å²) in [4.78, 5) is 61.1. The highest BCUT2D eigenvalue weighted by Gasteiger charge is 2.47. The molecule has 1 heterocycles. The number of halogens is 1. The summed E-state index contributed by atoms with van der Waals surface area (Å²) >= 11 is 0. The van der Waals surface area contributed by atoms with Crippen LogP contribution in [0.15, 0.2) is 15.8 Å². The Labute approximate surface area is 229 Å². The summed E-state index contributed by atoms with van der Waals surface area (Å²) < 4.78 is 50.4. The van der Waals surface area contributed by atoms with Crippen molar-refractivity contribution < 1.29 is 52.1 Å². The van der Waals surface area contributed by atoms with E-state index in [1.54, 1.807) is 0 Å². The smallest absolute Gasteiger partial charge is 0.370 e. The highest BCUT2D eigenvalue weighted by Crippen LogP contribution is 2.56. The summed E-state index contributed by atoms with van der Waals surface area (Å²) in [5, 5.41) is 18.7. The van der Waals surface area contributed by atoms with Crippen molar-refractivity contribution in [2.24, 2.45) is 10.8 Å². The molecule has 0 radical (unpaired) electrons. The molecule has 1 aliphatic rings. The number of hydrogen-bond donors (Lipinski definition) is 3. The zero-order chi connectivity index (χ0) is 30.5. The third-order valence-corrected chi connectivity index (χ3v) is 8.83. The molecule has 0 aromatic carbocycles. The number of carbonyl (C=O) groups excluding carboxylic acids is 1. The van der Waals surface area contributed by atoms with Crippen LogP contribution in [0.4, 0.5) is 4.39 Å². The van der Waals surface area contributed by atoms with Crippen molar-refractivity contribution in [1.82, 2.24) is 9.55 Å². The first kappa shape index (κ1) is 33.3. The largest absolute Gasteiger partial charge is 0.481 e. The van der Waals surface area contributed by atoms with Gasteiger partial charge in [0, 0.05) is 6.04 Å². The Hall–Kier alpha value is -2.87. The van der Waals surface area contributed by atoms with Gasteiger partial charge in [0.2, 0.25) is 5.82 Å². The molecule has 16 heteroatoms. The lowest BCUT2D eigenvalue weighted by Crippen LogP contribution is -2.34. The molecule has 3 unspecified atom stereocenters. The molecule has 0 amide bonds. The predicted molar refractivity (Wildman–Crippen MR) is 136 cm³/mol. The van der Waals surface area contributed by atoms with Crippen LogP contribution in [0.5, 0.6) is 0 Å². The normalized spacial score (nSPS) is 18.9. The molecular formula is C24H36FN2O12P. The van der Waals surface area contributed by atoms with Crippen molar-refractivity contribution >= 4 is 25.5 Å². The van der Waals surface area contributed by atoms with Gasteiger partial charge in [-0.05, 0) is 59.8 Å². The average Bonchev–Trinajstić information content (AvgIpc) is 3.32. The SMILES string of the molecule is COC(=O)C(OC1CCC(n2cc(F)c(=O)[nH]c2=O)C1)P(=O)(OCCC(C)(C)C(=O)O)OCCC(C)(C)C(=O)O. The number of carboxylic acid groups (broad SMARTS) is 2. The minimum absolute atomic E-state index is 0.0664. The number of esters is 1. The maximum absolute atomic E-state index is 14.0. The molecule has 2 rings (SSSR count). The number of aliphatic carboxylic acids is 2. The van der Waals surface area contributed by atoms with Gasteiger partial charge in [0.25, 0.3) is 11.4 Å². The maximum Gasteiger partial charge on any atom is 0.370 e. The number of carbonyl (C=O) groups is 3. The molecule has 0 bridgehead atoms. The lowest BCUT2D eigenvalue weighted by molar-refractivity contribution is -0.153. The number of aromatic amines is 1. The molecule has 14 nitrogen and oxygen atoms in total.